The second-order valence-electron chi connectivity index (χ2n) is 11.5. The average Bonchev–Trinajstić information content (AvgIpc) is 3.42. The molecule has 2 fully saturated rings. The topological polar surface area (TPSA) is 147 Å². The standard InChI is InChI=1S/C31H35N3O7S/c1-15-8-9-16(2)20(10-15)13-33-14-22(12-23(33)28(36)32-21-7-5-6-19(11-21)30(38)39)42-27-17(3)25-24(18(4)35)29(37)34(25)26(27)31(40)41/h5-11,17-18,22-25,35H,12-14H2,1-4H3,(H,32,36)(H,38,39)(H,40,41)/t17-,18-,22+,23+,24-,25-/m1/s1. The van der Waals surface area contributed by atoms with Crippen LogP contribution in [0.25, 0.3) is 0 Å². The minimum atomic E-state index is -1.18. The summed E-state index contributed by atoms with van der Waals surface area (Å²) in [4.78, 5) is 54.2. The summed E-state index contributed by atoms with van der Waals surface area (Å²) in [6.07, 6.45) is -0.450. The van der Waals surface area contributed by atoms with E-state index in [0.29, 0.717) is 30.1 Å². The first-order valence-electron chi connectivity index (χ1n) is 14.0. The van der Waals surface area contributed by atoms with Crippen molar-refractivity contribution in [1.82, 2.24) is 9.80 Å². The third-order valence-electron chi connectivity index (χ3n) is 8.53. The highest BCUT2D eigenvalue weighted by Crippen LogP contribution is 2.52. The van der Waals surface area contributed by atoms with Crippen molar-refractivity contribution in [3.63, 3.8) is 0 Å². The molecule has 0 bridgehead atoms. The fourth-order valence-corrected chi connectivity index (χ4v) is 7.95. The van der Waals surface area contributed by atoms with Gasteiger partial charge in [0.2, 0.25) is 11.8 Å². The molecule has 10 nitrogen and oxygen atoms in total. The van der Waals surface area contributed by atoms with Crippen LogP contribution in [0.4, 0.5) is 5.69 Å². The van der Waals surface area contributed by atoms with Crippen molar-refractivity contribution in [3.05, 3.63) is 75.3 Å². The number of nitrogens with one attached hydrogen (secondary N) is 1. The molecule has 6 atom stereocenters. The summed E-state index contributed by atoms with van der Waals surface area (Å²) in [5.41, 5.74) is 3.70. The number of thioether (sulfide) groups is 1. The second kappa shape index (κ2) is 11.5. The number of rotatable bonds is 9. The molecule has 2 aromatic carbocycles. The number of hydrogen-bond acceptors (Lipinski definition) is 7. The fourth-order valence-electron chi connectivity index (χ4n) is 6.40. The van der Waals surface area contributed by atoms with Crippen LogP contribution in [-0.2, 0) is 20.9 Å². The third-order valence-corrected chi connectivity index (χ3v) is 10.0. The van der Waals surface area contributed by atoms with Gasteiger partial charge in [0.15, 0.2) is 0 Å². The van der Waals surface area contributed by atoms with Crippen LogP contribution in [-0.4, -0.2) is 78.9 Å². The lowest BCUT2D eigenvalue weighted by Gasteiger charge is -2.46. The van der Waals surface area contributed by atoms with E-state index in [9.17, 15) is 34.5 Å². The summed E-state index contributed by atoms with van der Waals surface area (Å²) in [6, 6.07) is 11.3. The van der Waals surface area contributed by atoms with Gasteiger partial charge in [0.1, 0.15) is 5.70 Å². The maximum Gasteiger partial charge on any atom is 0.353 e. The Hall–Kier alpha value is -3.67. The number of hydrogen-bond donors (Lipinski definition) is 4. The number of carbonyl (C=O) groups is 4. The van der Waals surface area contributed by atoms with Crippen LogP contribution in [0.15, 0.2) is 53.1 Å². The SMILES string of the molecule is Cc1ccc(C)c(CN2C[C@@H](SC3=C(C(=O)O)N4C(=O)[C@H]([C@@H](C)O)[C@H]4[C@H]3C)C[C@H]2C(=O)Nc2cccc(C(=O)O)c2)c1. The Morgan fingerprint density at radius 1 is 1.10 bits per heavy atom. The lowest BCUT2D eigenvalue weighted by molar-refractivity contribution is -0.163. The zero-order valence-corrected chi connectivity index (χ0v) is 24.7. The van der Waals surface area contributed by atoms with Gasteiger partial charge < -0.3 is 25.5 Å². The monoisotopic (exact) mass is 593 g/mol. The van der Waals surface area contributed by atoms with Crippen LogP contribution >= 0.6 is 11.8 Å². The molecule has 3 heterocycles. The molecule has 42 heavy (non-hydrogen) atoms. The number of aliphatic hydroxyl groups excluding tert-OH is 1. The molecule has 2 aromatic rings. The lowest BCUT2D eigenvalue weighted by atomic mass is 9.79. The average molecular weight is 594 g/mol. The quantitative estimate of drug-likeness (QED) is 0.321. The smallest absolute Gasteiger partial charge is 0.353 e. The summed E-state index contributed by atoms with van der Waals surface area (Å²) in [5, 5.41) is 32.3. The summed E-state index contributed by atoms with van der Waals surface area (Å²) in [6.45, 7) is 8.49. The van der Waals surface area contributed by atoms with Crippen molar-refractivity contribution < 1.29 is 34.5 Å². The molecule has 0 aliphatic carbocycles. The number of nitrogens with zero attached hydrogens (tertiary/aromatic N) is 2. The van der Waals surface area contributed by atoms with Crippen LogP contribution in [0.2, 0.25) is 0 Å². The number of amides is 2. The van der Waals surface area contributed by atoms with Gasteiger partial charge in [-0.3, -0.25) is 14.5 Å². The molecule has 3 aliphatic rings. The molecular formula is C31H35N3O7S. The van der Waals surface area contributed by atoms with Gasteiger partial charge in [-0.05, 0) is 56.5 Å². The Bertz CT molecular complexity index is 1490. The molecule has 0 unspecified atom stereocenters. The normalized spacial score (nSPS) is 26.2. The first-order valence-corrected chi connectivity index (χ1v) is 14.8. The van der Waals surface area contributed by atoms with E-state index in [2.05, 4.69) is 16.3 Å². The molecule has 5 rings (SSSR count). The van der Waals surface area contributed by atoms with Crippen LogP contribution in [0.5, 0.6) is 0 Å². The fraction of sp³-hybridized carbons (Fsp3) is 0.419. The number of aryl methyl sites for hydroxylation is 2. The predicted octanol–water partition coefficient (Wildman–Crippen LogP) is 3.47. The number of aliphatic hydroxyl groups is 1. The number of benzene rings is 2. The van der Waals surface area contributed by atoms with Crippen LogP contribution in [0.3, 0.4) is 0 Å². The van der Waals surface area contributed by atoms with E-state index in [4.69, 9.17) is 0 Å². The van der Waals surface area contributed by atoms with Gasteiger partial charge >= 0.3 is 11.9 Å². The molecule has 3 aliphatic heterocycles. The van der Waals surface area contributed by atoms with E-state index in [1.165, 1.54) is 28.8 Å². The Morgan fingerprint density at radius 3 is 2.50 bits per heavy atom. The Morgan fingerprint density at radius 2 is 1.83 bits per heavy atom. The van der Waals surface area contributed by atoms with E-state index in [1.54, 1.807) is 19.1 Å². The van der Waals surface area contributed by atoms with Gasteiger partial charge in [0.25, 0.3) is 0 Å². The number of carbonyl (C=O) groups excluding carboxylic acids is 2. The number of carboxylic acid groups (broad SMARTS) is 2. The summed E-state index contributed by atoms with van der Waals surface area (Å²) >= 11 is 1.40. The van der Waals surface area contributed by atoms with E-state index >= 15 is 0 Å². The second-order valence-corrected chi connectivity index (χ2v) is 12.8. The molecule has 222 valence electrons. The predicted molar refractivity (Wildman–Crippen MR) is 158 cm³/mol. The third kappa shape index (κ3) is 5.44. The van der Waals surface area contributed by atoms with Crippen molar-refractivity contribution >= 4 is 41.2 Å². The van der Waals surface area contributed by atoms with Crippen molar-refractivity contribution in [2.75, 3.05) is 11.9 Å². The van der Waals surface area contributed by atoms with Gasteiger partial charge in [-0.15, -0.1) is 11.8 Å². The Kier molecular flexibility index (Phi) is 8.19. The zero-order valence-electron chi connectivity index (χ0n) is 23.9. The largest absolute Gasteiger partial charge is 0.478 e. The number of aromatic carboxylic acids is 1. The summed E-state index contributed by atoms with van der Waals surface area (Å²) in [7, 11) is 0. The van der Waals surface area contributed by atoms with E-state index in [1.807, 2.05) is 32.9 Å². The first-order chi connectivity index (χ1) is 19.9. The number of β-lactam (4-membered cyclic amide) rings is 1. The maximum absolute atomic E-state index is 13.6. The number of likely N-dealkylation sites (tertiary alicyclic amines) is 1. The van der Waals surface area contributed by atoms with E-state index < -0.39 is 36.0 Å². The number of aliphatic carboxylic acids is 1. The van der Waals surface area contributed by atoms with Crippen LogP contribution < -0.4 is 5.32 Å². The molecular weight excluding hydrogens is 558 g/mol. The van der Waals surface area contributed by atoms with Gasteiger partial charge in [-0.25, -0.2) is 9.59 Å². The number of anilines is 1. The molecule has 0 radical (unpaired) electrons. The Labute approximate surface area is 248 Å². The molecule has 0 aromatic heterocycles. The summed E-state index contributed by atoms with van der Waals surface area (Å²) in [5.74, 6) is -3.82. The zero-order chi connectivity index (χ0) is 30.5. The van der Waals surface area contributed by atoms with E-state index in [-0.39, 0.29) is 34.2 Å². The summed E-state index contributed by atoms with van der Waals surface area (Å²) < 4.78 is 0. The highest BCUT2D eigenvalue weighted by Gasteiger charge is 2.60. The van der Waals surface area contributed by atoms with Crippen LogP contribution in [0.1, 0.15) is 47.3 Å². The number of carboxylic acids is 2. The molecule has 11 heteroatoms. The van der Waals surface area contributed by atoms with Gasteiger partial charge in [-0.1, -0.05) is 36.8 Å². The molecule has 2 amide bonds. The highest BCUT2D eigenvalue weighted by atomic mass is 32.2. The van der Waals surface area contributed by atoms with Crippen LogP contribution in [0, 0.1) is 25.7 Å². The highest BCUT2D eigenvalue weighted by molar-refractivity contribution is 8.03. The minimum absolute atomic E-state index is 0.0288. The molecule has 0 spiro atoms. The van der Waals surface area contributed by atoms with Gasteiger partial charge in [0, 0.05) is 34.8 Å². The first kappa shape index (κ1) is 29.8. The van der Waals surface area contributed by atoms with Gasteiger partial charge in [0.05, 0.1) is 29.7 Å². The van der Waals surface area contributed by atoms with Gasteiger partial charge in [-0.2, -0.15) is 0 Å². The maximum atomic E-state index is 13.6. The van der Waals surface area contributed by atoms with Crippen molar-refractivity contribution in [3.8, 4) is 0 Å². The molecule has 4 N–H and O–H groups in total. The minimum Gasteiger partial charge on any atom is -0.478 e. The lowest BCUT2D eigenvalue weighted by Crippen LogP contribution is -2.63. The Balaban J connectivity index is 1.41. The van der Waals surface area contributed by atoms with Crippen molar-refractivity contribution in [2.45, 2.75) is 64.1 Å². The van der Waals surface area contributed by atoms with Crippen molar-refractivity contribution in [2.24, 2.45) is 11.8 Å². The molecule has 0 saturated carbocycles. The molecule has 2 saturated heterocycles. The van der Waals surface area contributed by atoms with E-state index in [0.717, 1.165) is 16.7 Å². The van der Waals surface area contributed by atoms with Crippen molar-refractivity contribution in [1.29, 1.82) is 0 Å². The number of fused-ring (bicyclic) bond motifs is 1.